The molecular formula is C24H34O4. The Morgan fingerprint density at radius 2 is 0.786 bits per heavy atom. The zero-order chi connectivity index (χ0) is 18.8. The molecule has 0 aromatic rings. The number of carbonyl (C=O) groups excluding carboxylic acids is 2. The summed E-state index contributed by atoms with van der Waals surface area (Å²) in [5.74, 6) is 5.50. The number of hydrogen-bond acceptors (Lipinski definition) is 4. The first-order valence-corrected chi connectivity index (χ1v) is 12.0. The molecule has 8 aliphatic carbocycles. The van der Waals surface area contributed by atoms with E-state index in [0.717, 1.165) is 23.7 Å². The van der Waals surface area contributed by atoms with Crippen molar-refractivity contribution in [2.75, 3.05) is 0 Å². The highest BCUT2D eigenvalue weighted by atomic mass is 16.6. The molecule has 8 fully saturated rings. The molecular weight excluding hydrogens is 352 g/mol. The molecule has 0 heterocycles. The highest BCUT2D eigenvalue weighted by Gasteiger charge is 2.51. The topological polar surface area (TPSA) is 52.6 Å². The molecule has 0 N–H and O–H groups in total. The highest BCUT2D eigenvalue weighted by molar-refractivity contribution is 5.77. The predicted molar refractivity (Wildman–Crippen MR) is 103 cm³/mol. The van der Waals surface area contributed by atoms with E-state index < -0.39 is 0 Å². The van der Waals surface area contributed by atoms with Crippen LogP contribution >= 0.6 is 0 Å². The van der Waals surface area contributed by atoms with E-state index in [-0.39, 0.29) is 37.0 Å². The Labute approximate surface area is 168 Å². The summed E-state index contributed by atoms with van der Waals surface area (Å²) in [7, 11) is 0. The smallest absolute Gasteiger partial charge is 0.306 e. The van der Waals surface area contributed by atoms with Gasteiger partial charge in [-0.15, -0.1) is 0 Å². The first kappa shape index (κ1) is 17.8. The summed E-state index contributed by atoms with van der Waals surface area (Å²) in [5.41, 5.74) is 0. The van der Waals surface area contributed by atoms with Crippen LogP contribution in [0.1, 0.15) is 77.0 Å². The van der Waals surface area contributed by atoms with E-state index in [1.807, 2.05) is 0 Å². The fourth-order valence-electron chi connectivity index (χ4n) is 8.76. The fourth-order valence-corrected chi connectivity index (χ4v) is 8.76. The van der Waals surface area contributed by atoms with Crippen LogP contribution in [0, 0.1) is 47.3 Å². The van der Waals surface area contributed by atoms with E-state index in [4.69, 9.17) is 9.47 Å². The molecule has 0 aromatic carbocycles. The average Bonchev–Trinajstić information content (AvgIpc) is 2.65. The van der Waals surface area contributed by atoms with Gasteiger partial charge in [-0.3, -0.25) is 9.59 Å². The molecule has 8 aliphatic rings. The van der Waals surface area contributed by atoms with Crippen LogP contribution < -0.4 is 0 Å². The van der Waals surface area contributed by atoms with Crippen molar-refractivity contribution in [2.45, 2.75) is 89.3 Å². The second kappa shape index (κ2) is 6.74. The molecule has 0 radical (unpaired) electrons. The number of esters is 2. The molecule has 0 aromatic heterocycles. The minimum Gasteiger partial charge on any atom is -0.462 e. The van der Waals surface area contributed by atoms with E-state index in [1.54, 1.807) is 0 Å². The van der Waals surface area contributed by atoms with Crippen LogP contribution in [-0.2, 0) is 19.1 Å². The number of hydrogen-bond donors (Lipinski definition) is 0. The van der Waals surface area contributed by atoms with Gasteiger partial charge in [0.05, 0.1) is 12.8 Å². The molecule has 0 spiro atoms. The third-order valence-corrected chi connectivity index (χ3v) is 9.35. The Balaban J connectivity index is 0.987. The highest BCUT2D eigenvalue weighted by Crippen LogP contribution is 2.55. The van der Waals surface area contributed by atoms with Gasteiger partial charge >= 0.3 is 11.9 Å². The van der Waals surface area contributed by atoms with Crippen molar-refractivity contribution in [3.63, 3.8) is 0 Å². The third kappa shape index (κ3) is 3.10. The van der Waals surface area contributed by atoms with Gasteiger partial charge in [-0.1, -0.05) is 0 Å². The maximum Gasteiger partial charge on any atom is 0.306 e. The second-order valence-corrected chi connectivity index (χ2v) is 11.3. The lowest BCUT2D eigenvalue weighted by Crippen LogP contribution is -2.50. The molecule has 4 heteroatoms. The summed E-state index contributed by atoms with van der Waals surface area (Å²) >= 11 is 0. The van der Waals surface area contributed by atoms with E-state index in [0.29, 0.717) is 23.7 Å². The van der Waals surface area contributed by atoms with Gasteiger partial charge in [-0.25, -0.2) is 0 Å². The Morgan fingerprint density at radius 3 is 1.07 bits per heavy atom. The van der Waals surface area contributed by atoms with Gasteiger partial charge in [0.1, 0.15) is 12.2 Å². The lowest BCUT2D eigenvalue weighted by atomic mass is 9.55. The third-order valence-electron chi connectivity index (χ3n) is 9.35. The lowest BCUT2D eigenvalue weighted by molar-refractivity contribution is -0.177. The van der Waals surface area contributed by atoms with Crippen molar-refractivity contribution in [3.05, 3.63) is 0 Å². The SMILES string of the molecule is O=C(CCC(=O)OC1C2CC3CC(C2)CC1C3)OC1C2CC3CC(C2)CC1C3. The first-order valence-electron chi connectivity index (χ1n) is 12.0. The minimum atomic E-state index is -0.181. The van der Waals surface area contributed by atoms with Crippen LogP contribution in [0.4, 0.5) is 0 Å². The van der Waals surface area contributed by atoms with E-state index in [2.05, 4.69) is 0 Å². The van der Waals surface area contributed by atoms with Crippen LogP contribution in [0.15, 0.2) is 0 Å². The molecule has 0 unspecified atom stereocenters. The van der Waals surface area contributed by atoms with Gasteiger partial charge in [0, 0.05) is 0 Å². The maximum atomic E-state index is 12.4. The molecule has 8 saturated carbocycles. The van der Waals surface area contributed by atoms with E-state index in [9.17, 15) is 9.59 Å². The largest absolute Gasteiger partial charge is 0.462 e. The summed E-state index contributed by atoms with van der Waals surface area (Å²) in [4.78, 5) is 24.9. The molecule has 0 saturated heterocycles. The van der Waals surface area contributed by atoms with Gasteiger partial charge in [-0.05, 0) is 112 Å². The van der Waals surface area contributed by atoms with Crippen molar-refractivity contribution < 1.29 is 19.1 Å². The average molecular weight is 387 g/mol. The summed E-state index contributed by atoms with van der Waals surface area (Å²) in [5, 5.41) is 0. The summed E-state index contributed by atoms with van der Waals surface area (Å²) < 4.78 is 11.8. The Kier molecular flexibility index (Phi) is 4.28. The molecule has 4 nitrogen and oxygen atoms in total. The number of ether oxygens (including phenoxy) is 2. The lowest BCUT2D eigenvalue weighted by Gasteiger charge is -2.53. The Morgan fingerprint density at radius 1 is 0.500 bits per heavy atom. The molecule has 154 valence electrons. The summed E-state index contributed by atoms with van der Waals surface area (Å²) in [6, 6.07) is 0. The standard InChI is InChI=1S/C24H34O4/c25-21(27-23-17-5-13-3-14(7-17)8-18(23)6-13)1-2-22(26)28-24-19-9-15-4-16(11-19)12-20(24)10-15/h13-20,23-24H,1-12H2. The maximum absolute atomic E-state index is 12.4. The minimum absolute atomic E-state index is 0.126. The Bertz CT molecular complexity index is 543. The summed E-state index contributed by atoms with van der Waals surface area (Å²) in [6.45, 7) is 0. The molecule has 0 atom stereocenters. The van der Waals surface area contributed by atoms with Crippen molar-refractivity contribution in [1.29, 1.82) is 0 Å². The number of rotatable bonds is 5. The van der Waals surface area contributed by atoms with E-state index >= 15 is 0 Å². The Hall–Kier alpha value is -1.06. The zero-order valence-electron chi connectivity index (χ0n) is 16.9. The van der Waals surface area contributed by atoms with Crippen LogP contribution in [0.3, 0.4) is 0 Å². The van der Waals surface area contributed by atoms with Crippen molar-refractivity contribution in [3.8, 4) is 0 Å². The van der Waals surface area contributed by atoms with Crippen molar-refractivity contribution >= 4 is 11.9 Å². The van der Waals surface area contributed by atoms with Crippen LogP contribution in [-0.4, -0.2) is 24.1 Å². The molecule has 0 aliphatic heterocycles. The van der Waals surface area contributed by atoms with Gasteiger partial charge in [0.25, 0.3) is 0 Å². The van der Waals surface area contributed by atoms with Crippen LogP contribution in [0.25, 0.3) is 0 Å². The fraction of sp³-hybridized carbons (Fsp3) is 0.917. The molecule has 8 bridgehead atoms. The molecule has 0 amide bonds. The normalized spacial score (nSPS) is 50.0. The van der Waals surface area contributed by atoms with Crippen molar-refractivity contribution in [1.82, 2.24) is 0 Å². The van der Waals surface area contributed by atoms with Gasteiger partial charge < -0.3 is 9.47 Å². The summed E-state index contributed by atoms with van der Waals surface area (Å²) in [6.07, 6.45) is 13.4. The van der Waals surface area contributed by atoms with Crippen molar-refractivity contribution in [2.24, 2.45) is 47.3 Å². The predicted octanol–water partition coefficient (Wildman–Crippen LogP) is 4.50. The first-order chi connectivity index (χ1) is 13.6. The van der Waals surface area contributed by atoms with Crippen LogP contribution in [0.5, 0.6) is 0 Å². The quantitative estimate of drug-likeness (QED) is 0.653. The van der Waals surface area contributed by atoms with Gasteiger partial charge in [-0.2, -0.15) is 0 Å². The second-order valence-electron chi connectivity index (χ2n) is 11.3. The zero-order valence-corrected chi connectivity index (χ0v) is 16.9. The monoisotopic (exact) mass is 386 g/mol. The molecule has 28 heavy (non-hydrogen) atoms. The van der Waals surface area contributed by atoms with Gasteiger partial charge in [0.15, 0.2) is 0 Å². The molecule has 8 rings (SSSR count). The number of carbonyl (C=O) groups is 2. The van der Waals surface area contributed by atoms with Gasteiger partial charge in [0.2, 0.25) is 0 Å². The van der Waals surface area contributed by atoms with E-state index in [1.165, 1.54) is 64.2 Å². The van der Waals surface area contributed by atoms with Crippen LogP contribution in [0.2, 0.25) is 0 Å².